The lowest BCUT2D eigenvalue weighted by atomic mass is 9.38. The molecule has 0 spiro atoms. The molecule has 0 N–H and O–H groups in total. The van der Waals surface area contributed by atoms with Crippen molar-refractivity contribution in [3.8, 4) is 6.07 Å². The number of carbonyl (C=O) groups is 1. The monoisotopic (exact) mass is 373 g/mol. The fourth-order valence-corrected chi connectivity index (χ4v) is 6.49. The number of nitriles is 1. The van der Waals surface area contributed by atoms with Gasteiger partial charge in [-0.3, -0.25) is 4.79 Å². The summed E-state index contributed by atoms with van der Waals surface area (Å²) in [6.07, 6.45) is -1.33. The third kappa shape index (κ3) is 1.52. The van der Waals surface area contributed by atoms with Crippen molar-refractivity contribution in [3.05, 3.63) is 70.8 Å². The highest BCUT2D eigenvalue weighted by Crippen LogP contribution is 2.70. The van der Waals surface area contributed by atoms with Crippen LogP contribution in [0.2, 0.25) is 0 Å². The summed E-state index contributed by atoms with van der Waals surface area (Å²) in [5.74, 6) is -0.803. The summed E-state index contributed by atoms with van der Waals surface area (Å²) < 4.78 is 17.4. The molecule has 0 saturated carbocycles. The molecule has 2 aromatic carbocycles. The number of nitrogens with zero attached hydrogens (tertiary/aromatic N) is 1. The Morgan fingerprint density at radius 3 is 2.39 bits per heavy atom. The first kappa shape index (κ1) is 16.4. The van der Waals surface area contributed by atoms with Crippen LogP contribution in [0.1, 0.15) is 28.2 Å². The molecular weight excluding hydrogens is 354 g/mol. The third-order valence-electron chi connectivity index (χ3n) is 7.32. The number of benzene rings is 2. The molecule has 2 fully saturated rings. The molecule has 4 bridgehead atoms. The van der Waals surface area contributed by atoms with Crippen LogP contribution in [0, 0.1) is 22.7 Å². The second kappa shape index (κ2) is 5.30. The van der Waals surface area contributed by atoms with E-state index in [0.717, 1.165) is 22.3 Å². The van der Waals surface area contributed by atoms with E-state index in [1.165, 1.54) is 0 Å². The number of ketones is 1. The van der Waals surface area contributed by atoms with Crippen molar-refractivity contribution in [2.24, 2.45) is 11.3 Å². The van der Waals surface area contributed by atoms with Gasteiger partial charge in [0.1, 0.15) is 11.5 Å². The number of hydrogen-bond acceptors (Lipinski definition) is 5. The van der Waals surface area contributed by atoms with E-state index >= 15 is 0 Å². The molecule has 3 aliphatic carbocycles. The maximum atomic E-state index is 13.5. The largest absolute Gasteiger partial charge is 0.383 e. The van der Waals surface area contributed by atoms with Crippen molar-refractivity contribution in [2.75, 3.05) is 20.3 Å². The number of fused-ring (bicyclic) bond motifs is 2. The summed E-state index contributed by atoms with van der Waals surface area (Å²) in [7, 11) is 1.65. The zero-order valence-electron chi connectivity index (χ0n) is 15.4. The number of ether oxygens (including phenoxy) is 3. The molecule has 2 aromatic rings. The van der Waals surface area contributed by atoms with Crippen LogP contribution in [0.15, 0.2) is 48.5 Å². The molecule has 2 heterocycles. The number of rotatable bonds is 2. The molecule has 5 heteroatoms. The Bertz CT molecular complexity index is 1010. The Morgan fingerprint density at radius 1 is 1.14 bits per heavy atom. The van der Waals surface area contributed by atoms with Gasteiger partial charge in [-0.15, -0.1) is 0 Å². The Hall–Kier alpha value is -2.52. The maximum Gasteiger partial charge on any atom is 0.218 e. The Morgan fingerprint density at radius 2 is 1.79 bits per heavy atom. The minimum atomic E-state index is -1.07. The van der Waals surface area contributed by atoms with Crippen LogP contribution in [-0.4, -0.2) is 38.5 Å². The van der Waals surface area contributed by atoms with Gasteiger partial charge in [-0.1, -0.05) is 48.5 Å². The van der Waals surface area contributed by atoms with E-state index in [2.05, 4.69) is 30.3 Å². The molecule has 4 atom stereocenters. The van der Waals surface area contributed by atoms with Crippen LogP contribution in [-0.2, 0) is 24.4 Å². The molecule has 0 radical (unpaired) electrons. The predicted molar refractivity (Wildman–Crippen MR) is 98.5 cm³/mol. The molecule has 5 nitrogen and oxygen atoms in total. The van der Waals surface area contributed by atoms with Crippen LogP contribution in [0.3, 0.4) is 0 Å². The lowest BCUT2D eigenvalue weighted by Gasteiger charge is -2.63. The Labute approximate surface area is 162 Å². The zero-order chi connectivity index (χ0) is 19.1. The van der Waals surface area contributed by atoms with Gasteiger partial charge in [0.25, 0.3) is 0 Å². The SMILES string of the molecule is COCC12c3ccccc3C(c3ccccc31)C1C(=O)C3OCC(O3)C12C#N. The van der Waals surface area contributed by atoms with E-state index in [4.69, 9.17) is 14.2 Å². The van der Waals surface area contributed by atoms with Crippen LogP contribution in [0.25, 0.3) is 0 Å². The normalized spacial score (nSPS) is 39.1. The van der Waals surface area contributed by atoms with Gasteiger partial charge in [-0.25, -0.2) is 0 Å². The van der Waals surface area contributed by atoms with Crippen molar-refractivity contribution in [2.45, 2.75) is 23.7 Å². The molecule has 28 heavy (non-hydrogen) atoms. The molecule has 7 rings (SSSR count). The fourth-order valence-electron chi connectivity index (χ4n) is 6.49. The summed E-state index contributed by atoms with van der Waals surface area (Å²) >= 11 is 0. The lowest BCUT2D eigenvalue weighted by molar-refractivity contribution is -0.185. The summed E-state index contributed by atoms with van der Waals surface area (Å²) in [6, 6.07) is 19.0. The molecule has 0 aromatic heterocycles. The van der Waals surface area contributed by atoms with Gasteiger partial charge in [0, 0.05) is 13.0 Å². The zero-order valence-corrected chi connectivity index (χ0v) is 15.4. The molecule has 5 aliphatic rings. The maximum absolute atomic E-state index is 13.5. The van der Waals surface area contributed by atoms with Gasteiger partial charge in [-0.2, -0.15) is 5.26 Å². The molecule has 2 aliphatic heterocycles. The standard InChI is InChI=1S/C23H19NO4/c1-26-12-23-15-8-4-2-6-13(15)18(14-7-3-5-9-16(14)23)19-20(25)21-27-10-17(28-21)22(19,23)11-24/h2-9,17-19,21H,10,12H2,1H3. The quantitative estimate of drug-likeness (QED) is 0.809. The molecule has 140 valence electrons. The second-order valence-corrected chi connectivity index (χ2v) is 8.14. The molecule has 2 saturated heterocycles. The Balaban J connectivity index is 1.81. The number of Topliss-reactive ketones (excluding diaryl/α,β-unsaturated/α-hetero) is 1. The van der Waals surface area contributed by atoms with Gasteiger partial charge in [0.05, 0.1) is 30.6 Å². The van der Waals surface area contributed by atoms with Gasteiger partial charge < -0.3 is 14.2 Å². The molecule has 4 unspecified atom stereocenters. The van der Waals surface area contributed by atoms with E-state index in [1.807, 2.05) is 24.3 Å². The van der Waals surface area contributed by atoms with E-state index in [0.29, 0.717) is 6.61 Å². The highest BCUT2D eigenvalue weighted by atomic mass is 16.7. The van der Waals surface area contributed by atoms with Crippen LogP contribution in [0.4, 0.5) is 0 Å². The van der Waals surface area contributed by atoms with Crippen molar-refractivity contribution in [3.63, 3.8) is 0 Å². The second-order valence-electron chi connectivity index (χ2n) is 8.14. The summed E-state index contributed by atoms with van der Waals surface area (Å²) in [5.41, 5.74) is 2.51. The first-order valence-electron chi connectivity index (χ1n) is 9.60. The minimum Gasteiger partial charge on any atom is -0.383 e. The predicted octanol–water partition coefficient (Wildman–Crippen LogP) is 2.53. The smallest absolute Gasteiger partial charge is 0.218 e. The Kier molecular flexibility index (Phi) is 3.11. The van der Waals surface area contributed by atoms with Gasteiger partial charge >= 0.3 is 0 Å². The minimum absolute atomic E-state index is 0.121. The third-order valence-corrected chi connectivity index (χ3v) is 7.32. The number of methoxy groups -OCH3 is 1. The van der Waals surface area contributed by atoms with E-state index < -0.39 is 29.1 Å². The van der Waals surface area contributed by atoms with E-state index in [1.54, 1.807) is 7.11 Å². The highest BCUT2D eigenvalue weighted by molar-refractivity contribution is 5.91. The molecular formula is C23H19NO4. The van der Waals surface area contributed by atoms with Crippen molar-refractivity contribution in [1.82, 2.24) is 0 Å². The van der Waals surface area contributed by atoms with E-state index in [-0.39, 0.29) is 18.3 Å². The summed E-state index contributed by atoms with van der Waals surface area (Å²) in [6.45, 7) is 0.554. The lowest BCUT2D eigenvalue weighted by Crippen LogP contribution is -2.70. The van der Waals surface area contributed by atoms with Crippen molar-refractivity contribution < 1.29 is 19.0 Å². The first-order chi connectivity index (χ1) is 13.7. The summed E-state index contributed by atoms with van der Waals surface area (Å²) in [5, 5.41) is 10.7. The average Bonchev–Trinajstić information content (AvgIpc) is 3.19. The van der Waals surface area contributed by atoms with Gasteiger partial charge in [0.2, 0.25) is 6.29 Å². The highest BCUT2D eigenvalue weighted by Gasteiger charge is 2.76. The van der Waals surface area contributed by atoms with E-state index in [9.17, 15) is 10.1 Å². The number of carbonyl (C=O) groups excluding carboxylic acids is 1. The topological polar surface area (TPSA) is 68.6 Å². The van der Waals surface area contributed by atoms with Crippen LogP contribution >= 0.6 is 0 Å². The first-order valence-corrected chi connectivity index (χ1v) is 9.60. The van der Waals surface area contributed by atoms with Crippen LogP contribution in [0.5, 0.6) is 0 Å². The van der Waals surface area contributed by atoms with Crippen LogP contribution < -0.4 is 0 Å². The molecule has 0 amide bonds. The fraction of sp³-hybridized carbons (Fsp3) is 0.391. The van der Waals surface area contributed by atoms with Crippen molar-refractivity contribution in [1.29, 1.82) is 5.26 Å². The van der Waals surface area contributed by atoms with Crippen molar-refractivity contribution >= 4 is 5.78 Å². The average molecular weight is 373 g/mol. The summed E-state index contributed by atoms with van der Waals surface area (Å²) in [4.78, 5) is 13.5. The van der Waals surface area contributed by atoms with Gasteiger partial charge in [-0.05, 0) is 22.3 Å². The number of hydrogen-bond donors (Lipinski definition) is 0. The van der Waals surface area contributed by atoms with Gasteiger partial charge in [0.15, 0.2) is 5.78 Å².